The van der Waals surface area contributed by atoms with Gasteiger partial charge in [-0.1, -0.05) is 34.1 Å². The lowest BCUT2D eigenvalue weighted by Crippen LogP contribution is -1.93. The maximum atomic E-state index is 13.7. The van der Waals surface area contributed by atoms with E-state index in [1.165, 1.54) is 6.07 Å². The lowest BCUT2D eigenvalue weighted by molar-refractivity contribution is 0.438. The van der Waals surface area contributed by atoms with Gasteiger partial charge < -0.3 is 4.74 Å². The number of nitriles is 1. The third-order valence-electron chi connectivity index (χ3n) is 2.38. The second kappa shape index (κ2) is 5.65. The molecule has 0 saturated carbocycles. The summed E-state index contributed by atoms with van der Waals surface area (Å²) in [5, 5.41) is 9.29. The zero-order valence-electron chi connectivity index (χ0n) is 9.36. The smallest absolute Gasteiger partial charge is 0.167 e. The molecule has 0 atom stereocenters. The SMILES string of the molecule is N#Cc1cccc(Oc2c(F)cccc2CBr)c1. The molecule has 0 unspecified atom stereocenters. The Morgan fingerprint density at radius 2 is 2.00 bits per heavy atom. The van der Waals surface area contributed by atoms with Crippen LogP contribution < -0.4 is 4.74 Å². The van der Waals surface area contributed by atoms with Gasteiger partial charge in [-0.05, 0) is 24.3 Å². The monoisotopic (exact) mass is 305 g/mol. The molecule has 0 heterocycles. The molecule has 0 spiro atoms. The number of hydrogen-bond acceptors (Lipinski definition) is 2. The molecule has 0 aliphatic rings. The Bertz CT molecular complexity index is 607. The summed E-state index contributed by atoms with van der Waals surface area (Å²) in [6.07, 6.45) is 0. The predicted octanol–water partition coefficient (Wildman–Crippen LogP) is 4.38. The summed E-state index contributed by atoms with van der Waals surface area (Å²) in [6.45, 7) is 0. The van der Waals surface area contributed by atoms with Crippen LogP contribution in [0.15, 0.2) is 42.5 Å². The van der Waals surface area contributed by atoms with Crippen molar-refractivity contribution in [3.05, 3.63) is 59.4 Å². The second-order valence-electron chi connectivity index (χ2n) is 3.60. The molecular weight excluding hydrogens is 297 g/mol. The number of benzene rings is 2. The maximum absolute atomic E-state index is 13.7. The average Bonchev–Trinajstić information content (AvgIpc) is 2.41. The number of hydrogen-bond donors (Lipinski definition) is 0. The Morgan fingerprint density at radius 3 is 2.72 bits per heavy atom. The Labute approximate surface area is 113 Å². The van der Waals surface area contributed by atoms with Crippen LogP contribution in [0, 0.1) is 17.1 Å². The first-order chi connectivity index (χ1) is 8.74. The van der Waals surface area contributed by atoms with Gasteiger partial charge in [0.05, 0.1) is 11.6 Å². The Kier molecular flexibility index (Phi) is 3.96. The van der Waals surface area contributed by atoms with Crippen LogP contribution in [0.4, 0.5) is 4.39 Å². The lowest BCUT2D eigenvalue weighted by atomic mass is 10.2. The number of ether oxygens (including phenoxy) is 1. The van der Waals surface area contributed by atoms with Crippen LogP contribution in [0.2, 0.25) is 0 Å². The number of alkyl halides is 1. The first-order valence-corrected chi connectivity index (χ1v) is 6.38. The molecule has 2 aromatic rings. The molecule has 2 rings (SSSR count). The van der Waals surface area contributed by atoms with E-state index < -0.39 is 5.82 Å². The highest BCUT2D eigenvalue weighted by atomic mass is 79.9. The second-order valence-corrected chi connectivity index (χ2v) is 4.16. The van der Waals surface area contributed by atoms with Gasteiger partial charge in [-0.25, -0.2) is 4.39 Å². The van der Waals surface area contributed by atoms with E-state index in [4.69, 9.17) is 10.00 Å². The topological polar surface area (TPSA) is 33.0 Å². The van der Waals surface area contributed by atoms with Crippen LogP contribution in [0.3, 0.4) is 0 Å². The van der Waals surface area contributed by atoms with E-state index in [0.29, 0.717) is 16.6 Å². The van der Waals surface area contributed by atoms with Gasteiger partial charge in [-0.15, -0.1) is 0 Å². The summed E-state index contributed by atoms with van der Waals surface area (Å²) in [7, 11) is 0. The number of para-hydroxylation sites is 1. The van der Waals surface area contributed by atoms with Crippen molar-refractivity contribution in [2.45, 2.75) is 5.33 Å². The quantitative estimate of drug-likeness (QED) is 0.788. The van der Waals surface area contributed by atoms with Crippen molar-refractivity contribution in [1.82, 2.24) is 0 Å². The van der Waals surface area contributed by atoms with Gasteiger partial charge >= 0.3 is 0 Å². The van der Waals surface area contributed by atoms with Crippen molar-refractivity contribution >= 4 is 15.9 Å². The standard InChI is InChI=1S/C14H9BrFNO/c15-8-11-4-2-6-13(16)14(11)18-12-5-1-3-10(7-12)9-17/h1-7H,8H2. The molecular formula is C14H9BrFNO. The highest BCUT2D eigenvalue weighted by Gasteiger charge is 2.10. The normalized spacial score (nSPS) is 9.83. The van der Waals surface area contributed by atoms with Crippen LogP contribution >= 0.6 is 15.9 Å². The first kappa shape index (κ1) is 12.6. The van der Waals surface area contributed by atoms with Crippen molar-refractivity contribution in [3.63, 3.8) is 0 Å². The first-order valence-electron chi connectivity index (χ1n) is 5.26. The van der Waals surface area contributed by atoms with Crippen molar-refractivity contribution in [3.8, 4) is 17.6 Å². The van der Waals surface area contributed by atoms with Crippen LogP contribution in [0.1, 0.15) is 11.1 Å². The fraction of sp³-hybridized carbons (Fsp3) is 0.0714. The van der Waals surface area contributed by atoms with Gasteiger partial charge in [0.15, 0.2) is 11.6 Å². The minimum Gasteiger partial charge on any atom is -0.454 e. The molecule has 0 bridgehead atoms. The molecule has 2 aromatic carbocycles. The fourth-order valence-corrected chi connectivity index (χ4v) is 1.96. The molecule has 0 N–H and O–H groups in total. The van der Waals surface area contributed by atoms with E-state index in [9.17, 15) is 4.39 Å². The van der Waals surface area contributed by atoms with E-state index >= 15 is 0 Å². The third kappa shape index (κ3) is 2.69. The van der Waals surface area contributed by atoms with E-state index in [1.807, 2.05) is 6.07 Å². The molecule has 18 heavy (non-hydrogen) atoms. The lowest BCUT2D eigenvalue weighted by Gasteiger charge is -2.10. The summed E-state index contributed by atoms with van der Waals surface area (Å²) < 4.78 is 19.2. The highest BCUT2D eigenvalue weighted by Crippen LogP contribution is 2.30. The van der Waals surface area contributed by atoms with Gasteiger partial charge in [0.25, 0.3) is 0 Å². The maximum Gasteiger partial charge on any atom is 0.167 e. The van der Waals surface area contributed by atoms with E-state index in [0.717, 1.165) is 5.56 Å². The van der Waals surface area contributed by atoms with Crippen LogP contribution in [-0.2, 0) is 5.33 Å². The molecule has 4 heteroatoms. The van der Waals surface area contributed by atoms with Crippen molar-refractivity contribution < 1.29 is 9.13 Å². The van der Waals surface area contributed by atoms with E-state index in [1.54, 1.807) is 36.4 Å². The van der Waals surface area contributed by atoms with Crippen LogP contribution in [0.25, 0.3) is 0 Å². The van der Waals surface area contributed by atoms with Crippen molar-refractivity contribution in [2.24, 2.45) is 0 Å². The van der Waals surface area contributed by atoms with Gasteiger partial charge in [0.1, 0.15) is 5.75 Å². The highest BCUT2D eigenvalue weighted by molar-refractivity contribution is 9.08. The van der Waals surface area contributed by atoms with Gasteiger partial charge in [-0.3, -0.25) is 0 Å². The van der Waals surface area contributed by atoms with Crippen LogP contribution in [0.5, 0.6) is 11.5 Å². The third-order valence-corrected chi connectivity index (χ3v) is 2.98. The zero-order valence-corrected chi connectivity index (χ0v) is 10.9. The van der Waals surface area contributed by atoms with Gasteiger partial charge in [0.2, 0.25) is 0 Å². The Balaban J connectivity index is 2.37. The summed E-state index contributed by atoms with van der Waals surface area (Å²) in [5.74, 6) is 0.208. The van der Waals surface area contributed by atoms with E-state index in [-0.39, 0.29) is 5.75 Å². The molecule has 0 saturated heterocycles. The Hall–Kier alpha value is -1.86. The minimum absolute atomic E-state index is 0.185. The molecule has 0 amide bonds. The summed E-state index contributed by atoms with van der Waals surface area (Å²) in [6, 6.07) is 13.4. The fourth-order valence-electron chi connectivity index (χ4n) is 1.52. The van der Waals surface area contributed by atoms with Crippen molar-refractivity contribution in [1.29, 1.82) is 5.26 Å². The van der Waals surface area contributed by atoms with Gasteiger partial charge in [0, 0.05) is 10.9 Å². The average molecular weight is 306 g/mol. The number of nitrogens with zero attached hydrogens (tertiary/aromatic N) is 1. The largest absolute Gasteiger partial charge is 0.454 e. The summed E-state index contributed by atoms with van der Waals surface area (Å²) >= 11 is 3.28. The van der Waals surface area contributed by atoms with Gasteiger partial charge in [-0.2, -0.15) is 5.26 Å². The summed E-state index contributed by atoms with van der Waals surface area (Å²) in [4.78, 5) is 0. The van der Waals surface area contributed by atoms with E-state index in [2.05, 4.69) is 15.9 Å². The Morgan fingerprint density at radius 1 is 1.22 bits per heavy atom. The number of halogens is 2. The zero-order chi connectivity index (χ0) is 13.0. The molecule has 0 aromatic heterocycles. The molecule has 2 nitrogen and oxygen atoms in total. The molecule has 90 valence electrons. The summed E-state index contributed by atoms with van der Waals surface area (Å²) in [5.41, 5.74) is 1.20. The predicted molar refractivity (Wildman–Crippen MR) is 70.3 cm³/mol. The van der Waals surface area contributed by atoms with Crippen molar-refractivity contribution in [2.75, 3.05) is 0 Å². The number of rotatable bonds is 3. The van der Waals surface area contributed by atoms with Crippen LogP contribution in [-0.4, -0.2) is 0 Å². The molecule has 0 radical (unpaired) electrons. The molecule has 0 fully saturated rings. The molecule has 0 aliphatic heterocycles. The minimum atomic E-state index is -0.422. The molecule has 0 aliphatic carbocycles.